The van der Waals surface area contributed by atoms with E-state index in [1.807, 2.05) is 35.0 Å². The Kier molecular flexibility index (Phi) is 4.18. The Morgan fingerprint density at radius 1 is 1.15 bits per heavy atom. The Balaban J connectivity index is 1.56. The minimum absolute atomic E-state index is 0.0869. The van der Waals surface area contributed by atoms with Crippen LogP contribution < -0.4 is 0 Å². The highest BCUT2D eigenvalue weighted by Crippen LogP contribution is 2.48. The van der Waals surface area contributed by atoms with Gasteiger partial charge in [-0.3, -0.25) is 14.6 Å². The molecule has 0 unspecified atom stereocenters. The first-order valence-corrected chi connectivity index (χ1v) is 8.99. The van der Waals surface area contributed by atoms with E-state index in [2.05, 4.69) is 22.1 Å². The summed E-state index contributed by atoms with van der Waals surface area (Å²) in [6, 6.07) is 10.3. The van der Waals surface area contributed by atoms with Gasteiger partial charge in [-0.25, -0.2) is 4.98 Å². The molecule has 3 heterocycles. The van der Waals surface area contributed by atoms with Crippen LogP contribution in [0.3, 0.4) is 0 Å². The number of amides is 2. The fourth-order valence-electron chi connectivity index (χ4n) is 4.45. The van der Waals surface area contributed by atoms with Gasteiger partial charge in [-0.15, -0.1) is 0 Å². The third kappa shape index (κ3) is 2.66. The molecule has 26 heavy (non-hydrogen) atoms. The number of likely N-dealkylation sites (tertiary alicyclic amines) is 2. The zero-order valence-electron chi connectivity index (χ0n) is 14.8. The smallest absolute Gasteiger partial charge is 0.274 e. The van der Waals surface area contributed by atoms with Crippen LogP contribution in [0.4, 0.5) is 0 Å². The number of carbonyl (C=O) groups is 2. The highest BCUT2D eigenvalue weighted by Gasteiger charge is 2.52. The molecule has 0 saturated carbocycles. The molecule has 1 atom stereocenters. The van der Waals surface area contributed by atoms with Gasteiger partial charge in [0.15, 0.2) is 0 Å². The summed E-state index contributed by atoms with van der Waals surface area (Å²) in [4.78, 5) is 37.0. The minimum Gasteiger partial charge on any atom is -0.339 e. The number of nitrogens with zero attached hydrogens (tertiary/aromatic N) is 4. The lowest BCUT2D eigenvalue weighted by molar-refractivity contribution is -0.130. The largest absolute Gasteiger partial charge is 0.339 e. The highest BCUT2D eigenvalue weighted by molar-refractivity contribution is 5.92. The molecule has 0 radical (unpaired) electrons. The van der Waals surface area contributed by atoms with Crippen molar-refractivity contribution in [3.8, 4) is 0 Å². The first-order valence-electron chi connectivity index (χ1n) is 8.99. The molecule has 6 heteroatoms. The Morgan fingerprint density at radius 3 is 2.54 bits per heavy atom. The number of aromatic nitrogens is 2. The summed E-state index contributed by atoms with van der Waals surface area (Å²) < 4.78 is 0. The summed E-state index contributed by atoms with van der Waals surface area (Å²) in [6.07, 6.45) is 6.70. The molecule has 2 amide bonds. The van der Waals surface area contributed by atoms with E-state index in [4.69, 9.17) is 0 Å². The van der Waals surface area contributed by atoms with E-state index >= 15 is 0 Å². The Bertz CT molecular complexity index is 801. The standard InChI is InChI=1S/C20H22N4O2/c1-23-18(25)13-16(15-5-3-2-4-6-15)20(23)7-11-24(12-8-20)19(26)17-14-21-9-10-22-17/h2-6,9-10,14,16H,7-8,11-13H2,1H3/t16-/m1/s1. The molecule has 0 aliphatic carbocycles. The Hall–Kier alpha value is -2.76. The van der Waals surface area contributed by atoms with Crippen LogP contribution in [-0.4, -0.2) is 57.3 Å². The zero-order chi connectivity index (χ0) is 18.1. The molecule has 2 aliphatic heterocycles. The second-order valence-corrected chi connectivity index (χ2v) is 7.11. The predicted octanol–water partition coefficient (Wildman–Crippen LogP) is 2.10. The quantitative estimate of drug-likeness (QED) is 0.832. The average molecular weight is 350 g/mol. The van der Waals surface area contributed by atoms with Gasteiger partial charge >= 0.3 is 0 Å². The molecule has 1 aromatic heterocycles. The van der Waals surface area contributed by atoms with Crippen molar-refractivity contribution in [1.82, 2.24) is 19.8 Å². The van der Waals surface area contributed by atoms with Gasteiger partial charge in [-0.2, -0.15) is 0 Å². The van der Waals surface area contributed by atoms with Crippen LogP contribution in [0.1, 0.15) is 41.2 Å². The van der Waals surface area contributed by atoms with Gasteiger partial charge in [-0.1, -0.05) is 30.3 Å². The van der Waals surface area contributed by atoms with Crippen molar-refractivity contribution in [2.45, 2.75) is 30.7 Å². The van der Waals surface area contributed by atoms with E-state index in [0.717, 1.165) is 12.8 Å². The van der Waals surface area contributed by atoms with Crippen molar-refractivity contribution in [3.63, 3.8) is 0 Å². The van der Waals surface area contributed by atoms with Crippen molar-refractivity contribution in [3.05, 3.63) is 60.2 Å². The molecule has 2 aliphatic rings. The highest BCUT2D eigenvalue weighted by atomic mass is 16.2. The van der Waals surface area contributed by atoms with Crippen molar-refractivity contribution in [2.75, 3.05) is 20.1 Å². The van der Waals surface area contributed by atoms with Crippen molar-refractivity contribution in [1.29, 1.82) is 0 Å². The fraction of sp³-hybridized carbons (Fsp3) is 0.400. The molecule has 4 rings (SSSR count). The van der Waals surface area contributed by atoms with Crippen molar-refractivity contribution < 1.29 is 9.59 Å². The van der Waals surface area contributed by atoms with E-state index in [0.29, 0.717) is 25.2 Å². The number of rotatable bonds is 2. The van der Waals surface area contributed by atoms with Gasteiger partial charge in [0.1, 0.15) is 5.69 Å². The lowest BCUT2D eigenvalue weighted by Gasteiger charge is -2.46. The molecule has 1 aromatic carbocycles. The van der Waals surface area contributed by atoms with Gasteiger partial charge in [0.05, 0.1) is 11.7 Å². The SMILES string of the molecule is CN1C(=O)C[C@H](c2ccccc2)C12CCN(C(=O)c1cnccn1)CC2. The van der Waals surface area contributed by atoms with Crippen molar-refractivity contribution >= 4 is 11.8 Å². The summed E-state index contributed by atoms with van der Waals surface area (Å²) in [7, 11) is 1.91. The second-order valence-electron chi connectivity index (χ2n) is 7.11. The van der Waals surface area contributed by atoms with Crippen LogP contribution in [-0.2, 0) is 4.79 Å². The van der Waals surface area contributed by atoms with Crippen LogP contribution in [0.2, 0.25) is 0 Å². The van der Waals surface area contributed by atoms with Crippen LogP contribution in [0.25, 0.3) is 0 Å². The molecular weight excluding hydrogens is 328 g/mol. The van der Waals surface area contributed by atoms with Crippen molar-refractivity contribution in [2.24, 2.45) is 0 Å². The van der Waals surface area contributed by atoms with Crippen LogP contribution in [0.15, 0.2) is 48.9 Å². The third-order valence-electron chi connectivity index (χ3n) is 5.97. The summed E-state index contributed by atoms with van der Waals surface area (Å²) >= 11 is 0. The van der Waals surface area contributed by atoms with Crippen LogP contribution >= 0.6 is 0 Å². The molecule has 2 fully saturated rings. The lowest BCUT2D eigenvalue weighted by atomic mass is 9.73. The monoisotopic (exact) mass is 350 g/mol. The number of carbonyl (C=O) groups excluding carboxylic acids is 2. The van der Waals surface area contributed by atoms with E-state index in [1.54, 1.807) is 6.20 Å². The average Bonchev–Trinajstić information content (AvgIpc) is 2.94. The van der Waals surface area contributed by atoms with Gasteiger partial charge in [-0.05, 0) is 18.4 Å². The number of hydrogen-bond acceptors (Lipinski definition) is 4. The van der Waals surface area contributed by atoms with Gasteiger partial charge in [0.2, 0.25) is 5.91 Å². The topological polar surface area (TPSA) is 66.4 Å². The van der Waals surface area contributed by atoms with Gasteiger partial charge < -0.3 is 9.80 Å². The van der Waals surface area contributed by atoms with E-state index in [1.165, 1.54) is 18.0 Å². The third-order valence-corrected chi connectivity index (χ3v) is 5.97. The van der Waals surface area contributed by atoms with Crippen LogP contribution in [0, 0.1) is 0 Å². The molecule has 0 bridgehead atoms. The maximum absolute atomic E-state index is 12.6. The molecule has 2 aromatic rings. The summed E-state index contributed by atoms with van der Waals surface area (Å²) in [5.41, 5.74) is 1.37. The first kappa shape index (κ1) is 16.7. The summed E-state index contributed by atoms with van der Waals surface area (Å²) in [6.45, 7) is 1.24. The predicted molar refractivity (Wildman–Crippen MR) is 96.5 cm³/mol. The summed E-state index contributed by atoms with van der Waals surface area (Å²) in [5.74, 6) is 0.277. The second kappa shape index (κ2) is 6.52. The number of hydrogen-bond donors (Lipinski definition) is 0. The Labute approximate surface area is 152 Å². The van der Waals surface area contributed by atoms with Gasteiger partial charge in [0, 0.05) is 44.9 Å². The van der Waals surface area contributed by atoms with Crippen LogP contribution in [0.5, 0.6) is 0 Å². The van der Waals surface area contributed by atoms with E-state index in [9.17, 15) is 9.59 Å². The first-order chi connectivity index (χ1) is 12.6. The van der Waals surface area contributed by atoms with E-state index in [-0.39, 0.29) is 23.3 Å². The molecule has 134 valence electrons. The molecule has 0 N–H and O–H groups in total. The maximum Gasteiger partial charge on any atom is 0.274 e. The maximum atomic E-state index is 12.6. The molecule has 1 spiro atoms. The van der Waals surface area contributed by atoms with E-state index < -0.39 is 0 Å². The zero-order valence-corrected chi connectivity index (χ0v) is 14.8. The summed E-state index contributed by atoms with van der Waals surface area (Å²) in [5, 5.41) is 0. The molecule has 2 saturated heterocycles. The minimum atomic E-state index is -0.211. The number of likely N-dealkylation sites (N-methyl/N-ethyl adjacent to an activating group) is 1. The molecular formula is C20H22N4O2. The normalized spacial score (nSPS) is 22.0. The number of benzene rings is 1. The molecule has 6 nitrogen and oxygen atoms in total. The Morgan fingerprint density at radius 2 is 1.88 bits per heavy atom. The van der Waals surface area contributed by atoms with Gasteiger partial charge in [0.25, 0.3) is 5.91 Å². The lowest BCUT2D eigenvalue weighted by Crippen LogP contribution is -2.55. The fourth-order valence-corrected chi connectivity index (χ4v) is 4.45. The number of piperidine rings is 1.